The predicted molar refractivity (Wildman–Crippen MR) is 67.8 cm³/mol. The Kier molecular flexibility index (Phi) is 4.19. The third kappa shape index (κ3) is 3.42. The summed E-state index contributed by atoms with van der Waals surface area (Å²) in [5.41, 5.74) is 8.20. The highest BCUT2D eigenvalue weighted by Crippen LogP contribution is 2.28. The SMILES string of the molecule is Cc1cc(C)c(NC(C)CC(N)=O)c(Cl)c1. The second-order valence-electron chi connectivity index (χ2n) is 4.15. The summed E-state index contributed by atoms with van der Waals surface area (Å²) in [6.45, 7) is 5.88. The summed E-state index contributed by atoms with van der Waals surface area (Å²) in [4.78, 5) is 10.8. The third-order valence-electron chi connectivity index (χ3n) is 2.33. The average Bonchev–Trinajstić information content (AvgIpc) is 2.09. The van der Waals surface area contributed by atoms with Crippen molar-refractivity contribution in [2.45, 2.75) is 33.2 Å². The van der Waals surface area contributed by atoms with Gasteiger partial charge in [-0.2, -0.15) is 0 Å². The zero-order valence-electron chi connectivity index (χ0n) is 9.80. The molecule has 0 aromatic heterocycles. The van der Waals surface area contributed by atoms with E-state index in [9.17, 15) is 4.79 Å². The lowest BCUT2D eigenvalue weighted by atomic mass is 10.1. The number of nitrogens with one attached hydrogen (secondary N) is 1. The molecule has 4 heteroatoms. The highest BCUT2D eigenvalue weighted by Gasteiger charge is 2.10. The van der Waals surface area contributed by atoms with Crippen LogP contribution in [-0.4, -0.2) is 11.9 Å². The molecule has 0 aliphatic heterocycles. The number of amides is 1. The minimum atomic E-state index is -0.319. The average molecular weight is 241 g/mol. The molecule has 1 amide bonds. The molecule has 88 valence electrons. The zero-order valence-corrected chi connectivity index (χ0v) is 10.6. The molecule has 0 heterocycles. The minimum absolute atomic E-state index is 0.0172. The van der Waals surface area contributed by atoms with Crippen molar-refractivity contribution in [1.29, 1.82) is 0 Å². The number of anilines is 1. The number of halogens is 1. The van der Waals surface area contributed by atoms with Gasteiger partial charge in [0.1, 0.15) is 0 Å². The number of rotatable bonds is 4. The Balaban J connectivity index is 2.85. The van der Waals surface area contributed by atoms with Gasteiger partial charge in [-0.05, 0) is 38.0 Å². The summed E-state index contributed by atoms with van der Waals surface area (Å²) in [5.74, 6) is -0.319. The van der Waals surface area contributed by atoms with Gasteiger partial charge in [-0.25, -0.2) is 0 Å². The third-order valence-corrected chi connectivity index (χ3v) is 2.63. The van der Waals surface area contributed by atoms with Crippen LogP contribution in [-0.2, 0) is 4.79 Å². The Morgan fingerprint density at radius 2 is 2.12 bits per heavy atom. The van der Waals surface area contributed by atoms with Gasteiger partial charge < -0.3 is 11.1 Å². The van der Waals surface area contributed by atoms with Gasteiger partial charge in [-0.3, -0.25) is 4.79 Å². The Labute approximate surface area is 101 Å². The van der Waals surface area contributed by atoms with Gasteiger partial charge in [-0.15, -0.1) is 0 Å². The summed E-state index contributed by atoms with van der Waals surface area (Å²) >= 11 is 6.14. The Morgan fingerprint density at radius 1 is 1.50 bits per heavy atom. The fourth-order valence-corrected chi connectivity index (χ4v) is 2.07. The van der Waals surface area contributed by atoms with Crippen molar-refractivity contribution in [1.82, 2.24) is 0 Å². The van der Waals surface area contributed by atoms with E-state index in [2.05, 4.69) is 5.32 Å². The van der Waals surface area contributed by atoms with E-state index in [1.165, 1.54) is 0 Å². The van der Waals surface area contributed by atoms with E-state index in [-0.39, 0.29) is 11.9 Å². The highest BCUT2D eigenvalue weighted by atomic mass is 35.5. The molecule has 0 spiro atoms. The number of carbonyl (C=O) groups is 1. The van der Waals surface area contributed by atoms with Crippen molar-refractivity contribution in [3.63, 3.8) is 0 Å². The normalized spacial score (nSPS) is 12.2. The standard InChI is InChI=1S/C12H17ClN2O/c1-7-4-8(2)12(10(13)5-7)15-9(3)6-11(14)16/h4-5,9,15H,6H2,1-3H3,(H2,14,16). The lowest BCUT2D eigenvalue weighted by Gasteiger charge is -2.17. The maximum atomic E-state index is 10.8. The van der Waals surface area contributed by atoms with Crippen molar-refractivity contribution in [2.75, 3.05) is 5.32 Å². The molecule has 0 saturated carbocycles. The first-order valence-corrected chi connectivity index (χ1v) is 5.59. The molecule has 1 aromatic rings. The number of carbonyl (C=O) groups excluding carboxylic acids is 1. The van der Waals surface area contributed by atoms with Crippen LogP contribution in [0.15, 0.2) is 12.1 Å². The number of aryl methyl sites for hydroxylation is 2. The first-order valence-electron chi connectivity index (χ1n) is 5.21. The van der Waals surface area contributed by atoms with Crippen molar-refractivity contribution < 1.29 is 4.79 Å². The van der Waals surface area contributed by atoms with Crippen LogP contribution in [0, 0.1) is 13.8 Å². The highest BCUT2D eigenvalue weighted by molar-refractivity contribution is 6.33. The molecule has 16 heavy (non-hydrogen) atoms. The van der Waals surface area contributed by atoms with Gasteiger partial charge in [0.25, 0.3) is 0 Å². The van der Waals surface area contributed by atoms with Crippen LogP contribution < -0.4 is 11.1 Å². The molecular weight excluding hydrogens is 224 g/mol. The molecular formula is C12H17ClN2O. The molecule has 1 aromatic carbocycles. The van der Waals surface area contributed by atoms with Crippen LogP contribution in [0.4, 0.5) is 5.69 Å². The molecule has 3 N–H and O–H groups in total. The maximum Gasteiger partial charge on any atom is 0.219 e. The molecule has 1 atom stereocenters. The van der Waals surface area contributed by atoms with E-state index in [0.29, 0.717) is 11.4 Å². The Morgan fingerprint density at radius 3 is 2.62 bits per heavy atom. The quantitative estimate of drug-likeness (QED) is 0.850. The van der Waals surface area contributed by atoms with Crippen LogP contribution in [0.3, 0.4) is 0 Å². The molecule has 0 aliphatic rings. The van der Waals surface area contributed by atoms with Gasteiger partial charge in [0.05, 0.1) is 10.7 Å². The van der Waals surface area contributed by atoms with Crippen molar-refractivity contribution in [3.8, 4) is 0 Å². The van der Waals surface area contributed by atoms with Crippen LogP contribution in [0.1, 0.15) is 24.5 Å². The van der Waals surface area contributed by atoms with Crippen molar-refractivity contribution >= 4 is 23.2 Å². The van der Waals surface area contributed by atoms with E-state index in [1.807, 2.05) is 32.9 Å². The molecule has 0 aliphatic carbocycles. The number of hydrogen-bond acceptors (Lipinski definition) is 2. The Bertz CT molecular complexity index is 381. The van der Waals surface area contributed by atoms with E-state index in [1.54, 1.807) is 0 Å². The number of primary amides is 1. The Hall–Kier alpha value is -1.22. The summed E-state index contributed by atoms with van der Waals surface area (Å²) in [5, 5.41) is 3.88. The molecule has 1 unspecified atom stereocenters. The van der Waals surface area contributed by atoms with Crippen LogP contribution in [0.25, 0.3) is 0 Å². The lowest BCUT2D eigenvalue weighted by Crippen LogP contribution is -2.24. The minimum Gasteiger partial charge on any atom is -0.381 e. The first-order chi connectivity index (χ1) is 7.40. The number of hydrogen-bond donors (Lipinski definition) is 2. The van der Waals surface area contributed by atoms with Crippen molar-refractivity contribution in [2.24, 2.45) is 5.73 Å². The topological polar surface area (TPSA) is 55.1 Å². The number of benzene rings is 1. The second-order valence-corrected chi connectivity index (χ2v) is 4.56. The van der Waals surface area contributed by atoms with Gasteiger partial charge in [0.2, 0.25) is 5.91 Å². The molecule has 0 radical (unpaired) electrons. The first kappa shape index (κ1) is 12.8. The molecule has 0 saturated heterocycles. The van der Waals surface area contributed by atoms with E-state index >= 15 is 0 Å². The van der Waals surface area contributed by atoms with Gasteiger partial charge in [0, 0.05) is 12.5 Å². The summed E-state index contributed by atoms with van der Waals surface area (Å²) in [7, 11) is 0. The molecule has 3 nitrogen and oxygen atoms in total. The fraction of sp³-hybridized carbons (Fsp3) is 0.417. The van der Waals surface area contributed by atoms with Crippen LogP contribution in [0.5, 0.6) is 0 Å². The van der Waals surface area contributed by atoms with Gasteiger partial charge in [-0.1, -0.05) is 17.7 Å². The van der Waals surface area contributed by atoms with E-state index in [4.69, 9.17) is 17.3 Å². The van der Waals surface area contributed by atoms with Gasteiger partial charge >= 0.3 is 0 Å². The van der Waals surface area contributed by atoms with Crippen LogP contribution in [0.2, 0.25) is 5.02 Å². The second kappa shape index (κ2) is 5.21. The maximum absolute atomic E-state index is 10.8. The molecule has 0 fully saturated rings. The summed E-state index contributed by atoms with van der Waals surface area (Å²) in [6.07, 6.45) is 0.295. The number of nitrogens with two attached hydrogens (primary N) is 1. The van der Waals surface area contributed by atoms with Gasteiger partial charge in [0.15, 0.2) is 0 Å². The monoisotopic (exact) mass is 240 g/mol. The molecule has 0 bridgehead atoms. The van der Waals surface area contributed by atoms with E-state index in [0.717, 1.165) is 16.8 Å². The zero-order chi connectivity index (χ0) is 12.3. The lowest BCUT2D eigenvalue weighted by molar-refractivity contribution is -0.118. The largest absolute Gasteiger partial charge is 0.381 e. The predicted octanol–water partition coefficient (Wildman–Crippen LogP) is 2.63. The van der Waals surface area contributed by atoms with E-state index < -0.39 is 0 Å². The fourth-order valence-electron chi connectivity index (χ4n) is 1.70. The summed E-state index contributed by atoms with van der Waals surface area (Å²) < 4.78 is 0. The van der Waals surface area contributed by atoms with Crippen LogP contribution >= 0.6 is 11.6 Å². The molecule has 1 rings (SSSR count). The van der Waals surface area contributed by atoms with Crippen molar-refractivity contribution in [3.05, 3.63) is 28.3 Å². The smallest absolute Gasteiger partial charge is 0.219 e. The summed E-state index contributed by atoms with van der Waals surface area (Å²) in [6, 6.07) is 3.93.